The Kier molecular flexibility index (Phi) is 4.76. The highest BCUT2D eigenvalue weighted by molar-refractivity contribution is 7.18. The lowest BCUT2D eigenvalue weighted by Gasteiger charge is -2.38. The fourth-order valence-corrected chi connectivity index (χ4v) is 3.72. The van der Waals surface area contributed by atoms with E-state index in [0.29, 0.717) is 15.8 Å². The molecule has 0 saturated heterocycles. The summed E-state index contributed by atoms with van der Waals surface area (Å²) in [5.41, 5.74) is 6.03. The molecule has 1 unspecified atom stereocenters. The van der Waals surface area contributed by atoms with Gasteiger partial charge >= 0.3 is 0 Å². The van der Waals surface area contributed by atoms with Crippen molar-refractivity contribution in [2.45, 2.75) is 65.5 Å². The highest BCUT2D eigenvalue weighted by atomic mass is 32.1. The van der Waals surface area contributed by atoms with E-state index in [2.05, 4.69) is 29.5 Å². The van der Waals surface area contributed by atoms with Crippen LogP contribution in [0.3, 0.4) is 0 Å². The van der Waals surface area contributed by atoms with Crippen LogP contribution < -0.4 is 16.4 Å². The first-order valence-corrected chi connectivity index (χ1v) is 8.45. The van der Waals surface area contributed by atoms with Gasteiger partial charge in [-0.1, -0.05) is 38.0 Å². The Morgan fingerprint density at radius 3 is 2.76 bits per heavy atom. The number of amides is 1. The van der Waals surface area contributed by atoms with Crippen LogP contribution in [0.4, 0.5) is 10.9 Å². The number of carbonyl (C=O) groups is 1. The van der Waals surface area contributed by atoms with Gasteiger partial charge in [-0.15, -0.1) is 0 Å². The topological polar surface area (TPSA) is 80.0 Å². The molecule has 1 fully saturated rings. The molecule has 1 atom stereocenters. The van der Waals surface area contributed by atoms with Gasteiger partial charge in [0.15, 0.2) is 5.13 Å². The van der Waals surface area contributed by atoms with Crippen molar-refractivity contribution in [3.8, 4) is 0 Å². The average Bonchev–Trinajstić information content (AvgIpc) is 2.71. The van der Waals surface area contributed by atoms with Crippen molar-refractivity contribution < 1.29 is 4.79 Å². The molecule has 4 N–H and O–H groups in total. The number of nitrogens with two attached hydrogens (primary N) is 1. The van der Waals surface area contributed by atoms with E-state index in [1.807, 2.05) is 13.8 Å². The lowest BCUT2D eigenvalue weighted by molar-refractivity contribution is 0.0858. The van der Waals surface area contributed by atoms with Crippen LogP contribution in [0.1, 0.15) is 63.0 Å². The summed E-state index contributed by atoms with van der Waals surface area (Å²) in [5, 5.41) is 7.05. The van der Waals surface area contributed by atoms with Crippen LogP contribution in [0.5, 0.6) is 0 Å². The van der Waals surface area contributed by atoms with Crippen LogP contribution in [0.15, 0.2) is 0 Å². The first-order valence-electron chi connectivity index (χ1n) is 7.63. The number of hydrogen-bond acceptors (Lipinski definition) is 5. The maximum atomic E-state index is 12.5. The van der Waals surface area contributed by atoms with Gasteiger partial charge in [0.1, 0.15) is 10.7 Å². The Hall–Kier alpha value is -1.30. The summed E-state index contributed by atoms with van der Waals surface area (Å²) in [6.45, 7) is 8.50. The first-order chi connectivity index (χ1) is 9.79. The van der Waals surface area contributed by atoms with Gasteiger partial charge in [0.2, 0.25) is 0 Å². The summed E-state index contributed by atoms with van der Waals surface area (Å²) in [6, 6.07) is 0.477. The van der Waals surface area contributed by atoms with Crippen LogP contribution in [-0.4, -0.2) is 23.0 Å². The van der Waals surface area contributed by atoms with Crippen molar-refractivity contribution in [2.24, 2.45) is 5.41 Å². The van der Waals surface area contributed by atoms with E-state index in [1.54, 1.807) is 0 Å². The van der Waals surface area contributed by atoms with E-state index in [4.69, 9.17) is 5.73 Å². The molecule has 1 aliphatic carbocycles. The molecular weight excluding hydrogens is 284 g/mol. The third-order valence-corrected chi connectivity index (χ3v) is 5.09. The number of thiazole rings is 1. The summed E-state index contributed by atoms with van der Waals surface area (Å²) in [4.78, 5) is 17.2. The van der Waals surface area contributed by atoms with Gasteiger partial charge < -0.3 is 16.4 Å². The highest BCUT2D eigenvalue weighted by Gasteiger charge is 2.34. The molecule has 118 valence electrons. The van der Waals surface area contributed by atoms with Crippen LogP contribution >= 0.6 is 11.3 Å². The zero-order chi connectivity index (χ0) is 15.6. The van der Waals surface area contributed by atoms with Crippen molar-refractivity contribution in [3.05, 3.63) is 4.88 Å². The SMILES string of the molecule is CC(C)Nc1nc(N)c(C(=O)NC2CCCCC2(C)C)s1. The lowest BCUT2D eigenvalue weighted by Crippen LogP contribution is -2.46. The summed E-state index contributed by atoms with van der Waals surface area (Å²) < 4.78 is 0. The molecule has 1 aliphatic rings. The molecule has 1 heterocycles. The molecule has 2 rings (SSSR count). The maximum Gasteiger partial charge on any atom is 0.265 e. The van der Waals surface area contributed by atoms with E-state index in [-0.39, 0.29) is 23.4 Å². The van der Waals surface area contributed by atoms with E-state index in [9.17, 15) is 4.79 Å². The summed E-state index contributed by atoms with van der Waals surface area (Å²) in [6.07, 6.45) is 4.60. The largest absolute Gasteiger partial charge is 0.382 e. The van der Waals surface area contributed by atoms with Gasteiger partial charge in [-0.25, -0.2) is 4.98 Å². The second-order valence-corrected chi connectivity index (χ2v) is 7.79. The molecule has 0 aromatic carbocycles. The normalized spacial score (nSPS) is 21.3. The maximum absolute atomic E-state index is 12.5. The van der Waals surface area contributed by atoms with E-state index >= 15 is 0 Å². The Labute approximate surface area is 130 Å². The van der Waals surface area contributed by atoms with Gasteiger partial charge in [-0.3, -0.25) is 4.79 Å². The van der Waals surface area contributed by atoms with Crippen molar-refractivity contribution >= 4 is 28.2 Å². The summed E-state index contributed by atoms with van der Waals surface area (Å²) in [7, 11) is 0. The fraction of sp³-hybridized carbons (Fsp3) is 0.733. The molecule has 0 radical (unpaired) electrons. The molecule has 1 aromatic rings. The monoisotopic (exact) mass is 310 g/mol. The molecular formula is C15H26N4OS. The minimum absolute atomic E-state index is 0.0956. The zero-order valence-corrected chi connectivity index (χ0v) is 14.1. The number of nitrogen functional groups attached to an aromatic ring is 1. The molecule has 1 aromatic heterocycles. The lowest BCUT2D eigenvalue weighted by atomic mass is 9.73. The Balaban J connectivity index is 2.08. The smallest absolute Gasteiger partial charge is 0.265 e. The number of nitrogens with zero attached hydrogens (tertiary/aromatic N) is 1. The number of rotatable bonds is 4. The van der Waals surface area contributed by atoms with Crippen molar-refractivity contribution in [1.82, 2.24) is 10.3 Å². The van der Waals surface area contributed by atoms with Crippen LogP contribution in [-0.2, 0) is 0 Å². The van der Waals surface area contributed by atoms with Crippen LogP contribution in [0.2, 0.25) is 0 Å². The van der Waals surface area contributed by atoms with E-state index in [0.717, 1.165) is 12.8 Å². The number of carbonyl (C=O) groups excluding carboxylic acids is 1. The Bertz CT molecular complexity index is 510. The number of anilines is 2. The third kappa shape index (κ3) is 3.87. The van der Waals surface area contributed by atoms with Gasteiger partial charge in [-0.2, -0.15) is 0 Å². The van der Waals surface area contributed by atoms with Crippen LogP contribution in [0.25, 0.3) is 0 Å². The summed E-state index contributed by atoms with van der Waals surface area (Å²) >= 11 is 1.33. The van der Waals surface area contributed by atoms with Gasteiger partial charge in [0, 0.05) is 12.1 Å². The van der Waals surface area contributed by atoms with E-state index < -0.39 is 0 Å². The minimum Gasteiger partial charge on any atom is -0.382 e. The van der Waals surface area contributed by atoms with Gasteiger partial charge in [-0.05, 0) is 32.1 Å². The molecule has 5 nitrogen and oxygen atoms in total. The molecule has 0 aliphatic heterocycles. The highest BCUT2D eigenvalue weighted by Crippen LogP contribution is 2.36. The van der Waals surface area contributed by atoms with Crippen molar-refractivity contribution in [1.29, 1.82) is 0 Å². The average molecular weight is 310 g/mol. The first kappa shape index (κ1) is 16.1. The second kappa shape index (κ2) is 6.22. The van der Waals surface area contributed by atoms with Gasteiger partial charge in [0.25, 0.3) is 5.91 Å². The van der Waals surface area contributed by atoms with Crippen LogP contribution in [0, 0.1) is 5.41 Å². The third-order valence-electron chi connectivity index (χ3n) is 4.08. The fourth-order valence-electron chi connectivity index (χ4n) is 2.79. The summed E-state index contributed by atoms with van der Waals surface area (Å²) in [5.74, 6) is 0.219. The molecule has 6 heteroatoms. The molecule has 0 bridgehead atoms. The van der Waals surface area contributed by atoms with E-state index in [1.165, 1.54) is 24.2 Å². The molecule has 1 amide bonds. The minimum atomic E-state index is -0.0956. The predicted molar refractivity (Wildman–Crippen MR) is 88.8 cm³/mol. The van der Waals surface area contributed by atoms with Gasteiger partial charge in [0.05, 0.1) is 0 Å². The number of nitrogens with one attached hydrogen (secondary N) is 2. The number of aromatic nitrogens is 1. The quantitative estimate of drug-likeness (QED) is 0.797. The predicted octanol–water partition coefficient (Wildman–Crippen LogP) is 3.24. The number of hydrogen-bond donors (Lipinski definition) is 3. The molecule has 21 heavy (non-hydrogen) atoms. The Morgan fingerprint density at radius 2 is 2.14 bits per heavy atom. The second-order valence-electron chi connectivity index (χ2n) is 6.79. The molecule has 1 saturated carbocycles. The standard InChI is InChI=1S/C15H26N4OS/c1-9(2)17-14-19-12(16)11(21-14)13(20)18-10-7-5-6-8-15(10,3)4/h9-10H,5-8,16H2,1-4H3,(H,17,19)(H,18,20). The molecule has 0 spiro atoms. The Morgan fingerprint density at radius 1 is 1.43 bits per heavy atom. The van der Waals surface area contributed by atoms with Crippen molar-refractivity contribution in [3.63, 3.8) is 0 Å². The zero-order valence-electron chi connectivity index (χ0n) is 13.3. The van der Waals surface area contributed by atoms with Crippen molar-refractivity contribution in [2.75, 3.05) is 11.1 Å².